The molecule has 114 valence electrons. The Labute approximate surface area is 124 Å². The number of rotatable bonds is 7. The summed E-state index contributed by atoms with van der Waals surface area (Å²) in [5.41, 5.74) is 2.91. The number of aliphatic hydroxyl groups excluding tert-OH is 1. The summed E-state index contributed by atoms with van der Waals surface area (Å²) in [4.78, 5) is 2.39. The Morgan fingerprint density at radius 3 is 2.00 bits per heavy atom. The van der Waals surface area contributed by atoms with E-state index in [9.17, 15) is 5.11 Å². The molecule has 1 aromatic rings. The molecule has 1 rings (SSSR count). The fourth-order valence-corrected chi connectivity index (χ4v) is 2.67. The predicted molar refractivity (Wildman–Crippen MR) is 87.0 cm³/mol. The second-order valence-electron chi connectivity index (χ2n) is 6.61. The third-order valence-corrected chi connectivity index (χ3v) is 4.05. The molecule has 1 aromatic carbocycles. The van der Waals surface area contributed by atoms with Crippen LogP contribution in [0.25, 0.3) is 0 Å². The van der Waals surface area contributed by atoms with Crippen molar-refractivity contribution >= 4 is 0 Å². The third-order valence-electron chi connectivity index (χ3n) is 4.05. The Morgan fingerprint density at radius 2 is 1.60 bits per heavy atom. The first-order valence-electron chi connectivity index (χ1n) is 7.86. The fourth-order valence-electron chi connectivity index (χ4n) is 2.67. The SMILES string of the molecule is CCC(CC)N(CCO)Cc1ccc(C(C)(C)C)cc1. The number of hydrogen-bond acceptors (Lipinski definition) is 2. The van der Waals surface area contributed by atoms with Gasteiger partial charge in [-0.1, -0.05) is 58.9 Å². The van der Waals surface area contributed by atoms with Crippen molar-refractivity contribution in [2.24, 2.45) is 0 Å². The molecule has 0 unspecified atom stereocenters. The monoisotopic (exact) mass is 277 g/mol. The van der Waals surface area contributed by atoms with Crippen molar-refractivity contribution in [2.45, 2.75) is 65.5 Å². The maximum Gasteiger partial charge on any atom is 0.0558 e. The molecule has 0 bridgehead atoms. The van der Waals surface area contributed by atoms with Gasteiger partial charge in [-0.15, -0.1) is 0 Å². The van der Waals surface area contributed by atoms with Crippen LogP contribution in [0.15, 0.2) is 24.3 Å². The first-order chi connectivity index (χ1) is 9.42. The highest BCUT2D eigenvalue weighted by Gasteiger charge is 2.16. The van der Waals surface area contributed by atoms with Crippen molar-refractivity contribution in [3.8, 4) is 0 Å². The average Bonchev–Trinajstić information content (AvgIpc) is 2.40. The second-order valence-corrected chi connectivity index (χ2v) is 6.61. The van der Waals surface area contributed by atoms with Crippen LogP contribution in [0, 0.1) is 0 Å². The molecule has 2 heteroatoms. The summed E-state index contributed by atoms with van der Waals surface area (Å²) in [5.74, 6) is 0. The van der Waals surface area contributed by atoms with Crippen LogP contribution in [0.2, 0.25) is 0 Å². The smallest absolute Gasteiger partial charge is 0.0558 e. The van der Waals surface area contributed by atoms with Gasteiger partial charge in [-0.05, 0) is 29.4 Å². The molecule has 0 saturated heterocycles. The van der Waals surface area contributed by atoms with Gasteiger partial charge in [-0.25, -0.2) is 0 Å². The van der Waals surface area contributed by atoms with Crippen LogP contribution in [-0.2, 0) is 12.0 Å². The summed E-state index contributed by atoms with van der Waals surface area (Å²) >= 11 is 0. The molecule has 20 heavy (non-hydrogen) atoms. The Hall–Kier alpha value is -0.860. The number of hydrogen-bond donors (Lipinski definition) is 1. The maximum absolute atomic E-state index is 9.26. The second kappa shape index (κ2) is 7.80. The average molecular weight is 277 g/mol. The van der Waals surface area contributed by atoms with Crippen molar-refractivity contribution in [3.63, 3.8) is 0 Å². The summed E-state index contributed by atoms with van der Waals surface area (Å²) in [6, 6.07) is 9.49. The van der Waals surface area contributed by atoms with Gasteiger partial charge in [-0.2, -0.15) is 0 Å². The van der Waals surface area contributed by atoms with E-state index in [2.05, 4.69) is 63.8 Å². The van der Waals surface area contributed by atoms with Gasteiger partial charge in [0.25, 0.3) is 0 Å². The predicted octanol–water partition coefficient (Wildman–Crippen LogP) is 3.97. The Bertz CT molecular complexity index is 373. The van der Waals surface area contributed by atoms with Gasteiger partial charge in [0, 0.05) is 19.1 Å². The molecule has 0 aliphatic carbocycles. The summed E-state index contributed by atoms with van der Waals surface area (Å²) in [5, 5.41) is 9.26. The molecule has 0 heterocycles. The van der Waals surface area contributed by atoms with Crippen molar-refractivity contribution in [1.29, 1.82) is 0 Å². The molecule has 0 amide bonds. The van der Waals surface area contributed by atoms with Gasteiger partial charge in [0.15, 0.2) is 0 Å². The van der Waals surface area contributed by atoms with Gasteiger partial charge in [-0.3, -0.25) is 4.90 Å². The van der Waals surface area contributed by atoms with Crippen LogP contribution in [-0.4, -0.2) is 29.2 Å². The zero-order valence-electron chi connectivity index (χ0n) is 13.8. The van der Waals surface area contributed by atoms with E-state index in [-0.39, 0.29) is 12.0 Å². The summed E-state index contributed by atoms with van der Waals surface area (Å²) in [7, 11) is 0. The fraction of sp³-hybridized carbons (Fsp3) is 0.667. The molecule has 2 nitrogen and oxygen atoms in total. The van der Waals surface area contributed by atoms with Crippen molar-refractivity contribution in [3.05, 3.63) is 35.4 Å². The van der Waals surface area contributed by atoms with Crippen molar-refractivity contribution in [2.75, 3.05) is 13.2 Å². The molecule has 0 fully saturated rings. The lowest BCUT2D eigenvalue weighted by Crippen LogP contribution is -2.36. The highest BCUT2D eigenvalue weighted by molar-refractivity contribution is 5.27. The molecule has 0 saturated carbocycles. The van der Waals surface area contributed by atoms with Crippen molar-refractivity contribution in [1.82, 2.24) is 4.90 Å². The summed E-state index contributed by atoms with van der Waals surface area (Å²) < 4.78 is 0. The van der Waals surface area contributed by atoms with Gasteiger partial charge in [0.05, 0.1) is 6.61 Å². The van der Waals surface area contributed by atoms with Crippen LogP contribution in [0.1, 0.15) is 58.6 Å². The lowest BCUT2D eigenvalue weighted by atomic mass is 9.86. The highest BCUT2D eigenvalue weighted by Crippen LogP contribution is 2.23. The molecule has 0 radical (unpaired) electrons. The van der Waals surface area contributed by atoms with Gasteiger partial charge in [0.2, 0.25) is 0 Å². The van der Waals surface area contributed by atoms with Crippen LogP contribution in [0.4, 0.5) is 0 Å². The minimum absolute atomic E-state index is 0.207. The lowest BCUT2D eigenvalue weighted by Gasteiger charge is -2.30. The molecular weight excluding hydrogens is 246 g/mol. The summed E-state index contributed by atoms with van der Waals surface area (Å²) in [6.45, 7) is 13.1. The van der Waals surface area contributed by atoms with E-state index in [0.717, 1.165) is 25.9 Å². The number of nitrogens with zero attached hydrogens (tertiary/aromatic N) is 1. The van der Waals surface area contributed by atoms with Crippen LogP contribution in [0.3, 0.4) is 0 Å². The van der Waals surface area contributed by atoms with Gasteiger partial charge in [0.1, 0.15) is 0 Å². The topological polar surface area (TPSA) is 23.5 Å². The standard InChI is InChI=1S/C18H31NO/c1-6-17(7-2)19(12-13-20)14-15-8-10-16(11-9-15)18(3,4)5/h8-11,17,20H,6-7,12-14H2,1-5H3. The van der Waals surface area contributed by atoms with Crippen LogP contribution in [0.5, 0.6) is 0 Å². The van der Waals surface area contributed by atoms with E-state index in [1.807, 2.05) is 0 Å². The van der Waals surface area contributed by atoms with E-state index >= 15 is 0 Å². The molecule has 0 aliphatic heterocycles. The lowest BCUT2D eigenvalue weighted by molar-refractivity contribution is 0.136. The molecule has 0 aliphatic rings. The van der Waals surface area contributed by atoms with E-state index < -0.39 is 0 Å². The Balaban J connectivity index is 2.78. The number of aliphatic hydroxyl groups is 1. The zero-order chi connectivity index (χ0) is 15.2. The minimum Gasteiger partial charge on any atom is -0.395 e. The third kappa shape index (κ3) is 4.92. The van der Waals surface area contributed by atoms with Crippen LogP contribution < -0.4 is 0 Å². The van der Waals surface area contributed by atoms with E-state index in [1.54, 1.807) is 0 Å². The van der Waals surface area contributed by atoms with E-state index in [4.69, 9.17) is 0 Å². The quantitative estimate of drug-likeness (QED) is 0.815. The zero-order valence-corrected chi connectivity index (χ0v) is 13.8. The molecular formula is C18H31NO. The van der Waals surface area contributed by atoms with Gasteiger partial charge < -0.3 is 5.11 Å². The molecule has 0 spiro atoms. The minimum atomic E-state index is 0.207. The largest absolute Gasteiger partial charge is 0.395 e. The number of benzene rings is 1. The molecule has 0 atom stereocenters. The van der Waals surface area contributed by atoms with Crippen molar-refractivity contribution < 1.29 is 5.11 Å². The highest BCUT2D eigenvalue weighted by atomic mass is 16.3. The van der Waals surface area contributed by atoms with E-state index in [0.29, 0.717) is 6.04 Å². The van der Waals surface area contributed by atoms with Gasteiger partial charge >= 0.3 is 0 Å². The first kappa shape index (κ1) is 17.2. The molecule has 1 N–H and O–H groups in total. The summed E-state index contributed by atoms with van der Waals surface area (Å²) in [6.07, 6.45) is 2.27. The first-order valence-corrected chi connectivity index (χ1v) is 7.86. The Kier molecular flexibility index (Phi) is 6.70. The normalized spacial score (nSPS) is 12.4. The van der Waals surface area contributed by atoms with E-state index in [1.165, 1.54) is 11.1 Å². The van der Waals surface area contributed by atoms with Crippen LogP contribution >= 0.6 is 0 Å². The maximum atomic E-state index is 9.26. The molecule has 0 aromatic heterocycles. The Morgan fingerprint density at radius 1 is 1.05 bits per heavy atom.